The zero-order valence-corrected chi connectivity index (χ0v) is 14.0. The standard InChI is InChI=1S/C19H19N3O3/c1-12(20-19(24)25-2)17-21-16(13-8-4-3-5-9-13)14-10-6-7-11-15(14)18(23)22-17/h3-11,16,21H,1-2H3,(H,20,24)(H,22,23)/b17-12+/t16-/m1/s1. The van der Waals surface area contributed by atoms with Gasteiger partial charge in [0.2, 0.25) is 0 Å². The minimum atomic E-state index is -0.598. The molecule has 2 aromatic rings. The van der Waals surface area contributed by atoms with E-state index in [0.717, 1.165) is 11.1 Å². The molecule has 1 aliphatic heterocycles. The molecular weight excluding hydrogens is 318 g/mol. The molecule has 0 bridgehead atoms. The minimum Gasteiger partial charge on any atom is -0.453 e. The maximum absolute atomic E-state index is 12.6. The average molecular weight is 337 g/mol. The second-order valence-electron chi connectivity index (χ2n) is 5.65. The first kappa shape index (κ1) is 16.6. The number of alkyl carbamates (subject to hydrolysis) is 1. The molecule has 0 aromatic heterocycles. The fourth-order valence-electron chi connectivity index (χ4n) is 2.77. The van der Waals surface area contributed by atoms with Crippen molar-refractivity contribution >= 4 is 12.0 Å². The molecule has 1 aliphatic rings. The number of methoxy groups -OCH3 is 1. The van der Waals surface area contributed by atoms with Crippen molar-refractivity contribution in [3.8, 4) is 0 Å². The maximum atomic E-state index is 12.6. The Morgan fingerprint density at radius 2 is 1.76 bits per heavy atom. The topological polar surface area (TPSA) is 79.5 Å². The van der Waals surface area contributed by atoms with Gasteiger partial charge in [0.05, 0.1) is 18.8 Å². The van der Waals surface area contributed by atoms with E-state index in [1.165, 1.54) is 7.11 Å². The predicted octanol–water partition coefficient (Wildman–Crippen LogP) is 2.65. The molecule has 2 amide bonds. The van der Waals surface area contributed by atoms with Gasteiger partial charge in [0.1, 0.15) is 5.82 Å². The van der Waals surface area contributed by atoms with Gasteiger partial charge < -0.3 is 15.4 Å². The molecule has 0 unspecified atom stereocenters. The van der Waals surface area contributed by atoms with Gasteiger partial charge in [0.25, 0.3) is 5.91 Å². The summed E-state index contributed by atoms with van der Waals surface area (Å²) in [5.41, 5.74) is 2.93. The zero-order chi connectivity index (χ0) is 17.8. The van der Waals surface area contributed by atoms with Crippen LogP contribution in [0.3, 0.4) is 0 Å². The molecule has 3 N–H and O–H groups in total. The fraction of sp³-hybridized carbons (Fsp3) is 0.158. The third kappa shape index (κ3) is 3.47. The number of ether oxygens (including phenoxy) is 1. The molecule has 0 saturated carbocycles. The Morgan fingerprint density at radius 1 is 1.08 bits per heavy atom. The first-order chi connectivity index (χ1) is 12.1. The van der Waals surface area contributed by atoms with Gasteiger partial charge in [-0.25, -0.2) is 4.79 Å². The highest BCUT2D eigenvalue weighted by Gasteiger charge is 2.27. The number of hydrogen-bond donors (Lipinski definition) is 3. The van der Waals surface area contributed by atoms with Gasteiger partial charge in [-0.3, -0.25) is 10.1 Å². The van der Waals surface area contributed by atoms with Crippen LogP contribution >= 0.6 is 0 Å². The Hall–Kier alpha value is -3.28. The minimum absolute atomic E-state index is 0.234. The first-order valence-corrected chi connectivity index (χ1v) is 7.87. The average Bonchev–Trinajstić information content (AvgIpc) is 2.79. The van der Waals surface area contributed by atoms with E-state index >= 15 is 0 Å². The molecule has 0 spiro atoms. The summed E-state index contributed by atoms with van der Waals surface area (Å²) < 4.78 is 4.62. The lowest BCUT2D eigenvalue weighted by atomic mass is 9.94. The highest BCUT2D eigenvalue weighted by molar-refractivity contribution is 5.97. The second-order valence-corrected chi connectivity index (χ2v) is 5.65. The Labute approximate surface area is 145 Å². The highest BCUT2D eigenvalue weighted by Crippen LogP contribution is 2.28. The van der Waals surface area contributed by atoms with Gasteiger partial charge in [-0.1, -0.05) is 48.5 Å². The predicted molar refractivity (Wildman–Crippen MR) is 93.6 cm³/mol. The molecule has 0 radical (unpaired) electrons. The number of benzene rings is 2. The summed E-state index contributed by atoms with van der Waals surface area (Å²) >= 11 is 0. The van der Waals surface area contributed by atoms with Gasteiger partial charge in [0.15, 0.2) is 0 Å². The largest absolute Gasteiger partial charge is 0.453 e. The number of carbonyl (C=O) groups is 2. The van der Waals surface area contributed by atoms with Crippen molar-refractivity contribution in [1.82, 2.24) is 16.0 Å². The summed E-state index contributed by atoms with van der Waals surface area (Å²) in [4.78, 5) is 24.1. The van der Waals surface area contributed by atoms with Crippen LogP contribution in [-0.4, -0.2) is 19.1 Å². The molecule has 1 atom stereocenters. The van der Waals surface area contributed by atoms with Crippen molar-refractivity contribution in [2.24, 2.45) is 0 Å². The highest BCUT2D eigenvalue weighted by atomic mass is 16.5. The van der Waals surface area contributed by atoms with Crippen molar-refractivity contribution in [1.29, 1.82) is 0 Å². The van der Waals surface area contributed by atoms with Gasteiger partial charge in [-0.15, -0.1) is 0 Å². The monoisotopic (exact) mass is 337 g/mol. The van der Waals surface area contributed by atoms with Crippen LogP contribution in [0.2, 0.25) is 0 Å². The lowest BCUT2D eigenvalue weighted by Gasteiger charge is -2.21. The zero-order valence-electron chi connectivity index (χ0n) is 14.0. The fourth-order valence-corrected chi connectivity index (χ4v) is 2.77. The lowest BCUT2D eigenvalue weighted by Crippen LogP contribution is -2.35. The number of hydrogen-bond acceptors (Lipinski definition) is 4. The number of carbonyl (C=O) groups excluding carboxylic acids is 2. The quantitative estimate of drug-likeness (QED) is 0.787. The molecule has 0 aliphatic carbocycles. The molecule has 6 nitrogen and oxygen atoms in total. The van der Waals surface area contributed by atoms with E-state index in [1.54, 1.807) is 13.0 Å². The van der Waals surface area contributed by atoms with E-state index in [-0.39, 0.29) is 11.9 Å². The van der Waals surface area contributed by atoms with E-state index in [4.69, 9.17) is 0 Å². The normalized spacial score (nSPS) is 18.2. The number of allylic oxidation sites excluding steroid dienone is 1. The molecule has 2 aromatic carbocycles. The second kappa shape index (κ2) is 7.09. The number of nitrogens with one attached hydrogen (secondary N) is 3. The van der Waals surface area contributed by atoms with Crippen molar-refractivity contribution in [2.75, 3.05) is 7.11 Å². The van der Waals surface area contributed by atoms with E-state index in [9.17, 15) is 9.59 Å². The number of amides is 2. The third-order valence-electron chi connectivity index (χ3n) is 4.03. The smallest absolute Gasteiger partial charge is 0.411 e. The molecule has 0 saturated heterocycles. The van der Waals surface area contributed by atoms with Crippen LogP contribution in [0.5, 0.6) is 0 Å². The van der Waals surface area contributed by atoms with Gasteiger partial charge in [0, 0.05) is 5.56 Å². The number of rotatable bonds is 2. The molecule has 128 valence electrons. The summed E-state index contributed by atoms with van der Waals surface area (Å²) in [6.45, 7) is 1.69. The summed E-state index contributed by atoms with van der Waals surface area (Å²) in [6.07, 6.45) is -0.598. The van der Waals surface area contributed by atoms with Crippen LogP contribution in [0.25, 0.3) is 0 Å². The van der Waals surface area contributed by atoms with E-state index in [2.05, 4.69) is 20.7 Å². The molecule has 0 fully saturated rings. The Morgan fingerprint density at radius 3 is 2.48 bits per heavy atom. The molecule has 3 rings (SSSR count). The van der Waals surface area contributed by atoms with E-state index in [0.29, 0.717) is 17.1 Å². The van der Waals surface area contributed by atoms with Crippen molar-refractivity contribution in [3.63, 3.8) is 0 Å². The van der Waals surface area contributed by atoms with Crippen molar-refractivity contribution in [3.05, 3.63) is 82.8 Å². The first-order valence-electron chi connectivity index (χ1n) is 7.87. The summed E-state index contributed by atoms with van der Waals surface area (Å²) in [6, 6.07) is 17.0. The molecule has 25 heavy (non-hydrogen) atoms. The van der Waals surface area contributed by atoms with Crippen LogP contribution in [0.1, 0.15) is 34.5 Å². The van der Waals surface area contributed by atoms with Crippen LogP contribution in [-0.2, 0) is 4.74 Å². The Bertz CT molecular complexity index is 831. The molecular formula is C19H19N3O3. The van der Waals surface area contributed by atoms with Gasteiger partial charge >= 0.3 is 6.09 Å². The SMILES string of the molecule is COC(=O)N/C(C)=C1/NC(=O)c2ccccc2[C@@H](c2ccccc2)N1. The van der Waals surface area contributed by atoms with Crippen LogP contribution < -0.4 is 16.0 Å². The van der Waals surface area contributed by atoms with Crippen LogP contribution in [0, 0.1) is 0 Å². The van der Waals surface area contributed by atoms with Crippen LogP contribution in [0.4, 0.5) is 4.79 Å². The Balaban J connectivity index is 2.07. The molecule has 1 heterocycles. The van der Waals surface area contributed by atoms with Gasteiger partial charge in [-0.05, 0) is 24.1 Å². The summed E-state index contributed by atoms with van der Waals surface area (Å²) in [5, 5.41) is 8.74. The van der Waals surface area contributed by atoms with Crippen molar-refractivity contribution in [2.45, 2.75) is 13.0 Å². The molecule has 6 heteroatoms. The Kier molecular flexibility index (Phi) is 4.70. The van der Waals surface area contributed by atoms with E-state index in [1.807, 2.05) is 48.5 Å². The van der Waals surface area contributed by atoms with Gasteiger partial charge in [-0.2, -0.15) is 0 Å². The number of fused-ring (bicyclic) bond motifs is 1. The third-order valence-corrected chi connectivity index (χ3v) is 4.03. The van der Waals surface area contributed by atoms with Crippen molar-refractivity contribution < 1.29 is 14.3 Å². The summed E-state index contributed by atoms with van der Waals surface area (Å²) in [5.74, 6) is 0.197. The summed E-state index contributed by atoms with van der Waals surface area (Å²) in [7, 11) is 1.29. The lowest BCUT2D eigenvalue weighted by molar-refractivity contribution is 0.0964. The maximum Gasteiger partial charge on any atom is 0.411 e. The van der Waals surface area contributed by atoms with Crippen LogP contribution in [0.15, 0.2) is 66.1 Å². The van der Waals surface area contributed by atoms with E-state index < -0.39 is 6.09 Å².